The van der Waals surface area contributed by atoms with Crippen molar-refractivity contribution in [3.8, 4) is 0 Å². The minimum atomic E-state index is -4.34. The molecule has 1 atom stereocenters. The van der Waals surface area contributed by atoms with Crippen LogP contribution in [0.2, 0.25) is 0 Å². The molecule has 1 aliphatic rings. The Morgan fingerprint density at radius 3 is 2.41 bits per heavy atom. The van der Waals surface area contributed by atoms with Gasteiger partial charge in [-0.3, -0.25) is 4.79 Å². The number of nitrogens with zero attached hydrogens (tertiary/aromatic N) is 1. The van der Waals surface area contributed by atoms with Crippen molar-refractivity contribution in [2.75, 3.05) is 31.1 Å². The summed E-state index contributed by atoms with van der Waals surface area (Å²) in [6.45, 7) is 7.06. The number of aryl methyl sites for hydroxylation is 1. The van der Waals surface area contributed by atoms with E-state index < -0.39 is 11.7 Å². The second-order valence-electron chi connectivity index (χ2n) is 7.62. The Kier molecular flexibility index (Phi) is 6.47. The summed E-state index contributed by atoms with van der Waals surface area (Å²) in [7, 11) is 0. The molecule has 1 fully saturated rings. The van der Waals surface area contributed by atoms with Gasteiger partial charge in [-0.1, -0.05) is 35.9 Å². The maximum absolute atomic E-state index is 12.9. The van der Waals surface area contributed by atoms with E-state index in [2.05, 4.69) is 5.32 Å². The molecule has 4 nitrogen and oxygen atoms in total. The topological polar surface area (TPSA) is 36.8 Å². The molecule has 0 unspecified atom stereocenters. The number of rotatable bonds is 5. The Morgan fingerprint density at radius 1 is 1.14 bits per heavy atom. The number of carbonyl (C=O) groups is 1. The Morgan fingerprint density at radius 2 is 1.79 bits per heavy atom. The number of hydrogen-bond donors (Lipinski definition) is 2. The van der Waals surface area contributed by atoms with Gasteiger partial charge in [-0.15, -0.1) is 0 Å². The summed E-state index contributed by atoms with van der Waals surface area (Å²) < 4.78 is 38.8. The normalized spacial score (nSPS) is 16.5. The lowest BCUT2D eigenvalue weighted by molar-refractivity contribution is -0.914. The Hall–Kier alpha value is -2.54. The maximum Gasteiger partial charge on any atom is 0.416 e. The zero-order chi connectivity index (χ0) is 21.0. The fraction of sp³-hybridized carbons (Fsp3) is 0.409. The van der Waals surface area contributed by atoms with Gasteiger partial charge in [0.05, 0.1) is 31.7 Å². The van der Waals surface area contributed by atoms with Crippen LogP contribution in [0.5, 0.6) is 0 Å². The van der Waals surface area contributed by atoms with Gasteiger partial charge in [-0.25, -0.2) is 0 Å². The number of quaternary nitrogens is 1. The van der Waals surface area contributed by atoms with Crippen LogP contribution in [0.15, 0.2) is 48.5 Å². The zero-order valence-electron chi connectivity index (χ0n) is 16.7. The van der Waals surface area contributed by atoms with Crippen LogP contribution >= 0.6 is 0 Å². The van der Waals surface area contributed by atoms with Gasteiger partial charge >= 0.3 is 6.18 Å². The summed E-state index contributed by atoms with van der Waals surface area (Å²) in [5, 5.41) is 2.98. The molecule has 2 aromatic rings. The fourth-order valence-electron chi connectivity index (χ4n) is 3.60. The molecular formula is C22H27F3N3O+. The molecular weight excluding hydrogens is 379 g/mol. The first-order valence-corrected chi connectivity index (χ1v) is 9.84. The van der Waals surface area contributed by atoms with Crippen LogP contribution < -0.4 is 15.1 Å². The van der Waals surface area contributed by atoms with Crippen LogP contribution in [0.1, 0.15) is 23.6 Å². The second-order valence-corrected chi connectivity index (χ2v) is 7.62. The van der Waals surface area contributed by atoms with E-state index in [9.17, 15) is 18.0 Å². The van der Waals surface area contributed by atoms with E-state index >= 15 is 0 Å². The van der Waals surface area contributed by atoms with Crippen molar-refractivity contribution in [3.05, 3.63) is 65.2 Å². The first kappa shape index (κ1) is 21.2. The quantitative estimate of drug-likeness (QED) is 0.800. The van der Waals surface area contributed by atoms with Gasteiger partial charge in [0.2, 0.25) is 0 Å². The van der Waals surface area contributed by atoms with Crippen LogP contribution in [0.4, 0.5) is 18.9 Å². The van der Waals surface area contributed by atoms with Crippen molar-refractivity contribution >= 4 is 11.6 Å². The molecule has 1 heterocycles. The van der Waals surface area contributed by atoms with E-state index in [0.29, 0.717) is 38.4 Å². The highest BCUT2D eigenvalue weighted by Crippen LogP contribution is 2.31. The minimum Gasteiger partial charge on any atom is -0.360 e. The third-order valence-corrected chi connectivity index (χ3v) is 5.54. The van der Waals surface area contributed by atoms with E-state index in [1.807, 2.05) is 43.0 Å². The van der Waals surface area contributed by atoms with Gasteiger partial charge in [0.1, 0.15) is 0 Å². The molecule has 7 heteroatoms. The lowest BCUT2D eigenvalue weighted by Gasteiger charge is -2.36. The Bertz CT molecular complexity index is 828. The van der Waals surface area contributed by atoms with Crippen molar-refractivity contribution in [3.63, 3.8) is 0 Å². The van der Waals surface area contributed by atoms with E-state index in [-0.39, 0.29) is 11.9 Å². The summed E-state index contributed by atoms with van der Waals surface area (Å²) in [5.74, 6) is -0.00639. The second kappa shape index (κ2) is 8.86. The molecule has 156 valence electrons. The summed E-state index contributed by atoms with van der Waals surface area (Å²) in [4.78, 5) is 15.6. The predicted molar refractivity (Wildman–Crippen MR) is 107 cm³/mol. The highest BCUT2D eigenvalue weighted by Gasteiger charge is 2.32. The zero-order valence-corrected chi connectivity index (χ0v) is 16.7. The van der Waals surface area contributed by atoms with Crippen LogP contribution in [-0.2, 0) is 17.5 Å². The third-order valence-electron chi connectivity index (χ3n) is 5.54. The van der Waals surface area contributed by atoms with Gasteiger partial charge in [-0.2, -0.15) is 13.2 Å². The lowest BCUT2D eigenvalue weighted by Crippen LogP contribution is -3.19. The van der Waals surface area contributed by atoms with Gasteiger partial charge in [0.15, 0.2) is 6.04 Å². The van der Waals surface area contributed by atoms with Gasteiger partial charge in [0, 0.05) is 12.2 Å². The molecule has 0 aromatic heterocycles. The van der Waals surface area contributed by atoms with Crippen LogP contribution in [0, 0.1) is 6.92 Å². The molecule has 3 rings (SSSR count). The van der Waals surface area contributed by atoms with Crippen molar-refractivity contribution in [2.24, 2.45) is 0 Å². The van der Waals surface area contributed by atoms with E-state index in [0.717, 1.165) is 16.5 Å². The highest BCUT2D eigenvalue weighted by molar-refractivity contribution is 5.79. The van der Waals surface area contributed by atoms with E-state index in [4.69, 9.17) is 0 Å². The number of nitrogens with one attached hydrogen (secondary N) is 2. The first-order valence-electron chi connectivity index (χ1n) is 9.84. The molecule has 1 aliphatic heterocycles. The molecule has 0 spiro atoms. The van der Waals surface area contributed by atoms with Gasteiger partial charge in [-0.05, 0) is 37.6 Å². The van der Waals surface area contributed by atoms with Crippen molar-refractivity contribution in [1.29, 1.82) is 0 Å². The van der Waals surface area contributed by atoms with E-state index in [1.54, 1.807) is 6.07 Å². The van der Waals surface area contributed by atoms with Crippen LogP contribution in [0.25, 0.3) is 0 Å². The standard InChI is InChI=1S/C22H26F3N3O/c1-16-6-8-18(9-7-16)15-26-21(29)17(2)27-10-12-28(13-11-27)20-5-3-4-19(14-20)22(23,24)25/h3-9,14,17H,10-13,15H2,1-2H3,(H,26,29)/p+1/t17-/m1/s1. The summed E-state index contributed by atoms with van der Waals surface area (Å²) in [6, 6.07) is 13.3. The van der Waals surface area contributed by atoms with Crippen LogP contribution in [-0.4, -0.2) is 38.1 Å². The van der Waals surface area contributed by atoms with Crippen LogP contribution in [0.3, 0.4) is 0 Å². The lowest BCUT2D eigenvalue weighted by atomic mass is 10.1. The molecule has 0 bridgehead atoms. The first-order chi connectivity index (χ1) is 13.7. The molecule has 29 heavy (non-hydrogen) atoms. The fourth-order valence-corrected chi connectivity index (χ4v) is 3.60. The molecule has 0 saturated carbocycles. The number of amides is 1. The number of benzene rings is 2. The number of anilines is 1. The number of piperazine rings is 1. The Labute approximate surface area is 169 Å². The summed E-state index contributed by atoms with van der Waals surface area (Å²) in [5.41, 5.74) is 2.18. The molecule has 2 aromatic carbocycles. The molecule has 0 radical (unpaired) electrons. The highest BCUT2D eigenvalue weighted by atomic mass is 19.4. The SMILES string of the molecule is Cc1ccc(CNC(=O)[C@@H](C)[NH+]2CCN(c3cccc(C(F)(F)F)c3)CC2)cc1. The average Bonchev–Trinajstić information content (AvgIpc) is 2.72. The molecule has 2 N–H and O–H groups in total. The summed E-state index contributed by atoms with van der Waals surface area (Å²) >= 11 is 0. The average molecular weight is 406 g/mol. The van der Waals surface area contributed by atoms with Gasteiger partial charge in [0.25, 0.3) is 5.91 Å². The number of halogens is 3. The maximum atomic E-state index is 12.9. The molecule has 0 aliphatic carbocycles. The minimum absolute atomic E-state index is 0.00639. The number of carbonyl (C=O) groups excluding carboxylic acids is 1. The smallest absolute Gasteiger partial charge is 0.360 e. The number of alkyl halides is 3. The number of hydrogen-bond acceptors (Lipinski definition) is 2. The molecule has 1 saturated heterocycles. The van der Waals surface area contributed by atoms with Crippen molar-refractivity contribution in [2.45, 2.75) is 32.6 Å². The van der Waals surface area contributed by atoms with Crippen molar-refractivity contribution in [1.82, 2.24) is 5.32 Å². The largest absolute Gasteiger partial charge is 0.416 e. The van der Waals surface area contributed by atoms with E-state index in [1.165, 1.54) is 17.7 Å². The third kappa shape index (κ3) is 5.50. The van der Waals surface area contributed by atoms with Gasteiger partial charge < -0.3 is 15.1 Å². The predicted octanol–water partition coefficient (Wildman–Crippen LogP) is 2.42. The van der Waals surface area contributed by atoms with Crippen molar-refractivity contribution < 1.29 is 22.9 Å². The summed E-state index contributed by atoms with van der Waals surface area (Å²) in [6.07, 6.45) is -4.34. The monoisotopic (exact) mass is 406 g/mol. The molecule has 1 amide bonds. The Balaban J connectivity index is 1.52.